The largest absolute Gasteiger partial charge is 0.507 e. The first-order chi connectivity index (χ1) is 10.4. The van der Waals surface area contributed by atoms with Crippen molar-refractivity contribution in [2.24, 2.45) is 5.10 Å². The number of phenolic OH excluding ortho intramolecular Hbond substituents is 3. The van der Waals surface area contributed by atoms with Crippen LogP contribution in [0.2, 0.25) is 10.0 Å². The summed E-state index contributed by atoms with van der Waals surface area (Å²) in [6.07, 6.45) is 1.10. The third-order valence-corrected chi connectivity index (χ3v) is 3.36. The van der Waals surface area contributed by atoms with Crippen molar-refractivity contribution in [2.75, 3.05) is 0 Å². The van der Waals surface area contributed by atoms with Crippen molar-refractivity contribution in [2.45, 2.75) is 0 Å². The van der Waals surface area contributed by atoms with Gasteiger partial charge in [-0.25, -0.2) is 5.43 Å². The molecular weight excluding hydrogens is 331 g/mol. The molecule has 2 aromatic carbocycles. The van der Waals surface area contributed by atoms with Crippen LogP contribution in [0.15, 0.2) is 35.4 Å². The van der Waals surface area contributed by atoms with Gasteiger partial charge in [-0.1, -0.05) is 35.3 Å². The minimum absolute atomic E-state index is 0.0469. The number of halogens is 2. The van der Waals surface area contributed by atoms with Gasteiger partial charge in [0.05, 0.1) is 16.8 Å². The van der Waals surface area contributed by atoms with Crippen LogP contribution in [0.4, 0.5) is 0 Å². The number of nitrogens with zero attached hydrogens (tertiary/aromatic N) is 1. The van der Waals surface area contributed by atoms with Crippen molar-refractivity contribution < 1.29 is 20.1 Å². The minimum atomic E-state index is -0.634. The van der Waals surface area contributed by atoms with Gasteiger partial charge in [-0.15, -0.1) is 0 Å². The van der Waals surface area contributed by atoms with E-state index in [1.807, 2.05) is 0 Å². The van der Waals surface area contributed by atoms with Crippen LogP contribution in [0.3, 0.4) is 0 Å². The van der Waals surface area contributed by atoms with E-state index < -0.39 is 17.4 Å². The van der Waals surface area contributed by atoms with Crippen LogP contribution in [-0.4, -0.2) is 27.4 Å². The number of aromatic hydroxyl groups is 3. The molecule has 0 spiro atoms. The van der Waals surface area contributed by atoms with Crippen LogP contribution in [0.25, 0.3) is 0 Å². The van der Waals surface area contributed by atoms with Gasteiger partial charge in [0.15, 0.2) is 5.75 Å². The quantitative estimate of drug-likeness (QED) is 0.509. The second kappa shape index (κ2) is 6.55. The van der Waals surface area contributed by atoms with Crippen LogP contribution in [-0.2, 0) is 0 Å². The molecule has 0 aromatic heterocycles. The maximum atomic E-state index is 11.8. The molecule has 2 rings (SSSR count). The molecule has 0 atom stereocenters. The Balaban J connectivity index is 2.17. The van der Waals surface area contributed by atoms with E-state index in [2.05, 4.69) is 10.5 Å². The van der Waals surface area contributed by atoms with Gasteiger partial charge in [0, 0.05) is 5.56 Å². The Morgan fingerprint density at radius 1 is 1.14 bits per heavy atom. The number of carbonyl (C=O) groups is 1. The van der Waals surface area contributed by atoms with Gasteiger partial charge >= 0.3 is 0 Å². The Labute approximate surface area is 135 Å². The predicted octanol–water partition coefficient (Wildman–Crippen LogP) is 2.87. The van der Waals surface area contributed by atoms with Crippen LogP contribution in [0, 0.1) is 0 Å². The standard InChI is InChI=1S/C14H10Cl2N2O4/c15-9-5-7(12(20)11(16)13(9)21)6-17-18-14(22)8-3-1-2-4-10(8)19/h1-6,19-21H,(H,18,22)/b17-6-. The van der Waals surface area contributed by atoms with Crippen LogP contribution in [0.1, 0.15) is 15.9 Å². The molecular formula is C14H10Cl2N2O4. The molecule has 0 unspecified atom stereocenters. The molecule has 1 amide bonds. The zero-order valence-electron chi connectivity index (χ0n) is 10.9. The summed E-state index contributed by atoms with van der Waals surface area (Å²) in [5, 5.41) is 31.9. The number of benzene rings is 2. The third kappa shape index (κ3) is 3.24. The Bertz CT molecular complexity index is 763. The van der Waals surface area contributed by atoms with E-state index >= 15 is 0 Å². The number of carbonyl (C=O) groups excluding carboxylic acids is 1. The summed E-state index contributed by atoms with van der Waals surface area (Å²) in [6.45, 7) is 0. The molecule has 4 N–H and O–H groups in total. The van der Waals surface area contributed by atoms with Crippen molar-refractivity contribution in [1.29, 1.82) is 0 Å². The molecule has 0 aliphatic rings. The first kappa shape index (κ1) is 15.9. The van der Waals surface area contributed by atoms with Crippen molar-refractivity contribution in [3.05, 3.63) is 51.5 Å². The molecule has 0 saturated heterocycles. The number of nitrogens with one attached hydrogen (secondary N) is 1. The molecule has 0 saturated carbocycles. The number of para-hydroxylation sites is 1. The Kier molecular flexibility index (Phi) is 4.75. The fourth-order valence-corrected chi connectivity index (χ4v) is 2.07. The highest BCUT2D eigenvalue weighted by Crippen LogP contribution is 2.40. The number of phenols is 3. The average Bonchev–Trinajstić information content (AvgIpc) is 2.50. The van der Waals surface area contributed by atoms with Gasteiger partial charge in [-0.2, -0.15) is 5.10 Å². The molecule has 8 heteroatoms. The van der Waals surface area contributed by atoms with Crippen molar-refractivity contribution >= 4 is 35.3 Å². The summed E-state index contributed by atoms with van der Waals surface area (Å²) in [6, 6.07) is 7.18. The van der Waals surface area contributed by atoms with Gasteiger partial charge in [0.1, 0.15) is 16.5 Å². The van der Waals surface area contributed by atoms with E-state index in [1.54, 1.807) is 12.1 Å². The lowest BCUT2D eigenvalue weighted by atomic mass is 10.2. The number of hydrogen-bond donors (Lipinski definition) is 4. The first-order valence-electron chi connectivity index (χ1n) is 5.93. The molecule has 0 aliphatic carbocycles. The zero-order valence-corrected chi connectivity index (χ0v) is 12.4. The predicted molar refractivity (Wildman–Crippen MR) is 83.0 cm³/mol. The van der Waals surface area contributed by atoms with Gasteiger partial charge < -0.3 is 15.3 Å². The Morgan fingerprint density at radius 2 is 1.82 bits per heavy atom. The fourth-order valence-electron chi connectivity index (χ4n) is 1.60. The second-order valence-electron chi connectivity index (χ2n) is 4.18. The van der Waals surface area contributed by atoms with E-state index in [-0.39, 0.29) is 26.9 Å². The van der Waals surface area contributed by atoms with Crippen LogP contribution in [0.5, 0.6) is 17.2 Å². The number of rotatable bonds is 3. The lowest BCUT2D eigenvalue weighted by Crippen LogP contribution is -2.17. The summed E-state index contributed by atoms with van der Waals surface area (Å²) in [4.78, 5) is 11.8. The Morgan fingerprint density at radius 3 is 2.50 bits per heavy atom. The third-order valence-electron chi connectivity index (χ3n) is 2.72. The second-order valence-corrected chi connectivity index (χ2v) is 4.96. The van der Waals surface area contributed by atoms with Gasteiger partial charge in [0.2, 0.25) is 0 Å². The molecule has 0 radical (unpaired) electrons. The first-order valence-corrected chi connectivity index (χ1v) is 6.68. The summed E-state index contributed by atoms with van der Waals surface area (Å²) in [5.74, 6) is -1.70. The highest BCUT2D eigenvalue weighted by atomic mass is 35.5. The SMILES string of the molecule is O=C(N/N=C\c1cc(Cl)c(O)c(Cl)c1O)c1ccccc1O. The highest BCUT2D eigenvalue weighted by Gasteiger charge is 2.14. The van der Waals surface area contributed by atoms with E-state index in [0.717, 1.165) is 6.21 Å². The Hall–Kier alpha value is -2.44. The molecule has 22 heavy (non-hydrogen) atoms. The van der Waals surface area contributed by atoms with E-state index in [4.69, 9.17) is 23.2 Å². The maximum absolute atomic E-state index is 11.8. The minimum Gasteiger partial charge on any atom is -0.507 e. The normalized spacial score (nSPS) is 10.8. The lowest BCUT2D eigenvalue weighted by molar-refractivity contribution is 0.0952. The topological polar surface area (TPSA) is 102 Å². The highest BCUT2D eigenvalue weighted by molar-refractivity contribution is 6.38. The van der Waals surface area contributed by atoms with Crippen LogP contribution < -0.4 is 5.43 Å². The molecule has 0 bridgehead atoms. The fraction of sp³-hybridized carbons (Fsp3) is 0. The van der Waals surface area contributed by atoms with Crippen molar-refractivity contribution in [3.63, 3.8) is 0 Å². The summed E-state index contributed by atoms with van der Waals surface area (Å²) in [5.41, 5.74) is 2.33. The van der Waals surface area contributed by atoms with Gasteiger partial charge in [-0.05, 0) is 18.2 Å². The molecule has 114 valence electrons. The number of hydrogen-bond acceptors (Lipinski definition) is 5. The van der Waals surface area contributed by atoms with Crippen molar-refractivity contribution in [1.82, 2.24) is 5.43 Å². The van der Waals surface area contributed by atoms with Gasteiger partial charge in [-0.3, -0.25) is 4.79 Å². The zero-order chi connectivity index (χ0) is 16.3. The van der Waals surface area contributed by atoms with Crippen molar-refractivity contribution in [3.8, 4) is 17.2 Å². The monoisotopic (exact) mass is 340 g/mol. The molecule has 0 heterocycles. The molecule has 2 aromatic rings. The smallest absolute Gasteiger partial charge is 0.275 e. The number of amides is 1. The van der Waals surface area contributed by atoms with E-state index in [9.17, 15) is 20.1 Å². The average molecular weight is 341 g/mol. The van der Waals surface area contributed by atoms with Gasteiger partial charge in [0.25, 0.3) is 5.91 Å². The van der Waals surface area contributed by atoms with E-state index in [1.165, 1.54) is 18.2 Å². The summed E-state index contributed by atoms with van der Waals surface area (Å²) >= 11 is 11.4. The maximum Gasteiger partial charge on any atom is 0.275 e. The summed E-state index contributed by atoms with van der Waals surface area (Å²) < 4.78 is 0. The molecule has 6 nitrogen and oxygen atoms in total. The summed E-state index contributed by atoms with van der Waals surface area (Å²) in [7, 11) is 0. The molecule has 0 aliphatic heterocycles. The lowest BCUT2D eigenvalue weighted by Gasteiger charge is -2.06. The van der Waals surface area contributed by atoms with Crippen LogP contribution >= 0.6 is 23.2 Å². The van der Waals surface area contributed by atoms with E-state index in [0.29, 0.717) is 0 Å². The molecule has 0 fully saturated rings. The number of hydrazone groups is 1.